The van der Waals surface area contributed by atoms with Crippen molar-refractivity contribution in [3.63, 3.8) is 0 Å². The summed E-state index contributed by atoms with van der Waals surface area (Å²) in [5.74, 6) is 2.26. The lowest BCUT2D eigenvalue weighted by Crippen LogP contribution is -3.00. The third-order valence-corrected chi connectivity index (χ3v) is 5.42. The highest BCUT2D eigenvalue weighted by Gasteiger charge is 2.31. The molecule has 1 aliphatic carbocycles. The van der Waals surface area contributed by atoms with Crippen molar-refractivity contribution in [2.24, 2.45) is 17.8 Å². The van der Waals surface area contributed by atoms with Gasteiger partial charge in [0.25, 0.3) is 0 Å². The Kier molecular flexibility index (Phi) is 9.99. The quantitative estimate of drug-likeness (QED) is 0.487. The van der Waals surface area contributed by atoms with E-state index < -0.39 is 0 Å². The van der Waals surface area contributed by atoms with E-state index >= 15 is 0 Å². The molecule has 0 amide bonds. The monoisotopic (exact) mass is 356 g/mol. The van der Waals surface area contributed by atoms with Crippen LogP contribution in [-0.2, 0) is 18.0 Å². The van der Waals surface area contributed by atoms with Gasteiger partial charge in [0.05, 0.1) is 12.6 Å². The van der Waals surface area contributed by atoms with Crippen LogP contribution in [0, 0.1) is 17.8 Å². The lowest BCUT2D eigenvalue weighted by molar-refractivity contribution is -0.735. The molecule has 0 saturated heterocycles. The topological polar surface area (TPSA) is 18.0 Å². The molecule has 0 aliphatic heterocycles. The number of ether oxygens (including phenoxy) is 1. The summed E-state index contributed by atoms with van der Waals surface area (Å²) in [7, 11) is 0. The molecule has 1 fully saturated rings. The summed E-state index contributed by atoms with van der Waals surface area (Å²) in [4.78, 5) is 0. The van der Waals surface area contributed by atoms with Gasteiger partial charge in [-0.3, -0.25) is 0 Å². The molecule has 140 valence electrons. The minimum Gasteiger partial charge on any atom is -1.00 e. The average molecular weight is 357 g/mol. The number of imidazole rings is 1. The average Bonchev–Trinajstić information content (AvgIpc) is 2.97. The maximum absolute atomic E-state index is 6.32. The predicted octanol–water partition coefficient (Wildman–Crippen LogP) is 1.79. The Hall–Kier alpha value is -0.540. The van der Waals surface area contributed by atoms with E-state index in [9.17, 15) is 0 Å². The Morgan fingerprint density at radius 1 is 1.21 bits per heavy atom. The lowest BCUT2D eigenvalue weighted by atomic mass is 9.75. The van der Waals surface area contributed by atoms with Crippen LogP contribution in [0.5, 0.6) is 0 Å². The molecule has 4 heteroatoms. The SMILES string of the molecule is CCCCCCn1cc[n+](CO[C@@H]2C[C@H](C)CC[C@H]2C(C)C)c1.[Cl-]. The molecule has 0 radical (unpaired) electrons. The van der Waals surface area contributed by atoms with Crippen molar-refractivity contribution >= 4 is 0 Å². The van der Waals surface area contributed by atoms with E-state index in [0.29, 0.717) is 12.8 Å². The zero-order chi connectivity index (χ0) is 16.7. The van der Waals surface area contributed by atoms with Crippen LogP contribution in [-0.4, -0.2) is 10.7 Å². The van der Waals surface area contributed by atoms with E-state index in [1.54, 1.807) is 0 Å². The number of halogens is 1. The zero-order valence-electron chi connectivity index (χ0n) is 16.1. The minimum absolute atomic E-state index is 0. The van der Waals surface area contributed by atoms with Crippen LogP contribution in [0.4, 0.5) is 0 Å². The first-order valence-corrected chi connectivity index (χ1v) is 9.76. The van der Waals surface area contributed by atoms with E-state index in [1.807, 2.05) is 0 Å². The van der Waals surface area contributed by atoms with Gasteiger partial charge in [-0.2, -0.15) is 0 Å². The van der Waals surface area contributed by atoms with Crippen molar-refractivity contribution in [1.29, 1.82) is 0 Å². The molecule has 1 aliphatic rings. The van der Waals surface area contributed by atoms with Crippen LogP contribution in [0.15, 0.2) is 18.7 Å². The molecule has 1 aromatic heterocycles. The molecule has 0 spiro atoms. The molecule has 1 heterocycles. The molecular formula is C20H37ClN2O. The van der Waals surface area contributed by atoms with Gasteiger partial charge >= 0.3 is 0 Å². The lowest BCUT2D eigenvalue weighted by Gasteiger charge is -2.36. The van der Waals surface area contributed by atoms with E-state index in [0.717, 1.165) is 24.3 Å². The van der Waals surface area contributed by atoms with Gasteiger partial charge in [-0.15, -0.1) is 0 Å². The fourth-order valence-corrected chi connectivity index (χ4v) is 3.86. The van der Waals surface area contributed by atoms with Crippen LogP contribution in [0.1, 0.15) is 72.6 Å². The summed E-state index contributed by atoms with van der Waals surface area (Å²) in [6.07, 6.45) is 16.1. The second-order valence-corrected chi connectivity index (χ2v) is 7.89. The fraction of sp³-hybridized carbons (Fsp3) is 0.850. The van der Waals surface area contributed by atoms with E-state index in [4.69, 9.17) is 4.74 Å². The summed E-state index contributed by atoms with van der Waals surface area (Å²) in [5.41, 5.74) is 0. The van der Waals surface area contributed by atoms with Gasteiger partial charge in [0, 0.05) is 0 Å². The Morgan fingerprint density at radius 3 is 2.71 bits per heavy atom. The Balaban J connectivity index is 0.00000288. The number of hydrogen-bond donors (Lipinski definition) is 0. The maximum Gasteiger partial charge on any atom is 0.245 e. The number of rotatable bonds is 9. The number of nitrogens with zero attached hydrogens (tertiary/aromatic N) is 2. The molecule has 0 bridgehead atoms. The van der Waals surface area contributed by atoms with Gasteiger partial charge in [-0.05, 0) is 43.4 Å². The van der Waals surface area contributed by atoms with Crippen LogP contribution in [0.2, 0.25) is 0 Å². The molecular weight excluding hydrogens is 320 g/mol. The van der Waals surface area contributed by atoms with Gasteiger partial charge in [0.15, 0.2) is 6.73 Å². The van der Waals surface area contributed by atoms with Crippen molar-refractivity contribution in [1.82, 2.24) is 4.57 Å². The van der Waals surface area contributed by atoms with E-state index in [2.05, 4.69) is 55.6 Å². The van der Waals surface area contributed by atoms with E-state index in [1.165, 1.54) is 44.9 Å². The maximum atomic E-state index is 6.32. The Bertz CT molecular complexity index is 447. The fourth-order valence-electron chi connectivity index (χ4n) is 3.86. The molecule has 0 N–H and O–H groups in total. The van der Waals surface area contributed by atoms with Crippen LogP contribution >= 0.6 is 0 Å². The van der Waals surface area contributed by atoms with Crippen LogP contribution in [0.3, 0.4) is 0 Å². The highest BCUT2D eigenvalue weighted by Crippen LogP contribution is 2.35. The first-order valence-electron chi connectivity index (χ1n) is 9.76. The molecule has 0 aromatic carbocycles. The van der Waals surface area contributed by atoms with Crippen LogP contribution in [0.25, 0.3) is 0 Å². The Morgan fingerprint density at radius 2 is 2.00 bits per heavy atom. The van der Waals surface area contributed by atoms with Crippen molar-refractivity contribution in [3.8, 4) is 0 Å². The predicted molar refractivity (Wildman–Crippen MR) is 95.0 cm³/mol. The third kappa shape index (κ3) is 6.76. The molecule has 0 unspecified atom stereocenters. The van der Waals surface area contributed by atoms with Crippen LogP contribution < -0.4 is 17.0 Å². The minimum atomic E-state index is 0. The number of aromatic nitrogens is 2. The second-order valence-electron chi connectivity index (χ2n) is 7.89. The first kappa shape index (κ1) is 21.5. The number of aryl methyl sites for hydroxylation is 1. The number of hydrogen-bond acceptors (Lipinski definition) is 1. The number of unbranched alkanes of at least 4 members (excludes halogenated alkanes) is 3. The molecule has 3 nitrogen and oxygen atoms in total. The van der Waals surface area contributed by atoms with Crippen molar-refractivity contribution in [2.75, 3.05) is 0 Å². The Labute approximate surface area is 155 Å². The van der Waals surface area contributed by atoms with Gasteiger partial charge in [-0.1, -0.05) is 47.0 Å². The van der Waals surface area contributed by atoms with E-state index in [-0.39, 0.29) is 12.4 Å². The molecule has 3 atom stereocenters. The van der Waals surface area contributed by atoms with Crippen molar-refractivity contribution in [3.05, 3.63) is 18.7 Å². The normalized spacial score (nSPS) is 24.1. The summed E-state index contributed by atoms with van der Waals surface area (Å²) in [6, 6.07) is 0. The molecule has 1 saturated carbocycles. The van der Waals surface area contributed by atoms with Gasteiger partial charge in [0.2, 0.25) is 6.33 Å². The standard InChI is InChI=1S/C20H37N2O.ClH/c1-5-6-7-8-11-21-12-13-22(15-21)16-23-20-14-18(4)9-10-19(20)17(2)3;/h12-13,15,17-20H,5-11,14,16H2,1-4H3;1H/q+1;/p-1/t18-,19+,20-;/m1./s1. The molecule has 2 rings (SSSR count). The molecule has 24 heavy (non-hydrogen) atoms. The van der Waals surface area contributed by atoms with Crippen molar-refractivity contribution in [2.45, 2.75) is 92.0 Å². The second kappa shape index (κ2) is 11.1. The summed E-state index contributed by atoms with van der Waals surface area (Å²) in [5, 5.41) is 0. The summed E-state index contributed by atoms with van der Waals surface area (Å²) >= 11 is 0. The molecule has 1 aromatic rings. The van der Waals surface area contributed by atoms with Gasteiger partial charge in [-0.25, -0.2) is 9.13 Å². The van der Waals surface area contributed by atoms with Gasteiger partial charge in [0.1, 0.15) is 12.4 Å². The highest BCUT2D eigenvalue weighted by molar-refractivity contribution is 4.80. The largest absolute Gasteiger partial charge is 1.00 e. The van der Waals surface area contributed by atoms with Crippen molar-refractivity contribution < 1.29 is 21.7 Å². The first-order chi connectivity index (χ1) is 11.1. The summed E-state index contributed by atoms with van der Waals surface area (Å²) < 4.78 is 10.8. The summed E-state index contributed by atoms with van der Waals surface area (Å²) in [6.45, 7) is 11.1. The van der Waals surface area contributed by atoms with Gasteiger partial charge < -0.3 is 17.1 Å². The highest BCUT2D eigenvalue weighted by atomic mass is 35.5. The zero-order valence-corrected chi connectivity index (χ0v) is 16.8. The smallest absolute Gasteiger partial charge is 0.245 e. The third-order valence-electron chi connectivity index (χ3n) is 5.42.